The van der Waals surface area contributed by atoms with E-state index in [1.807, 2.05) is 0 Å². The normalized spacial score (nSPS) is 18.0. The van der Waals surface area contributed by atoms with Crippen molar-refractivity contribution in [3.8, 4) is 0 Å². The van der Waals surface area contributed by atoms with E-state index < -0.39 is 25.1 Å². The fourth-order valence-corrected chi connectivity index (χ4v) is 3.73. The minimum Gasteiger partial charge on any atom is -0.308 e. The van der Waals surface area contributed by atoms with Crippen molar-refractivity contribution >= 4 is 25.5 Å². The average Bonchev–Trinajstić information content (AvgIpc) is 2.83. The van der Waals surface area contributed by atoms with Crippen LogP contribution in [0, 0.1) is 5.92 Å². The lowest BCUT2D eigenvalue weighted by atomic mass is 9.95. The van der Waals surface area contributed by atoms with Crippen molar-refractivity contribution in [1.82, 2.24) is 0 Å². The third kappa shape index (κ3) is 3.51. The molecule has 0 radical (unpaired) electrons. The molecule has 0 aliphatic carbocycles. The number of carbonyl (C=O) groups excluding carboxylic acids is 2. The van der Waals surface area contributed by atoms with Crippen molar-refractivity contribution in [1.29, 1.82) is 0 Å². The molecule has 20 heavy (non-hydrogen) atoms. The second-order valence-corrected chi connectivity index (χ2v) is 6.75. The summed E-state index contributed by atoms with van der Waals surface area (Å²) in [4.78, 5) is 27.5. The molecule has 6 nitrogen and oxygen atoms in total. The molecule has 1 aliphatic rings. The number of hydrogen-bond donors (Lipinski definition) is 0. The molecule has 0 saturated carbocycles. The highest BCUT2D eigenvalue weighted by Crippen LogP contribution is 2.54. The van der Waals surface area contributed by atoms with Crippen molar-refractivity contribution in [2.75, 3.05) is 13.2 Å². The highest BCUT2D eigenvalue weighted by atomic mass is 31.2. The van der Waals surface area contributed by atoms with Gasteiger partial charge in [-0.25, -0.2) is 4.99 Å². The van der Waals surface area contributed by atoms with Gasteiger partial charge in [-0.1, -0.05) is 6.92 Å². The van der Waals surface area contributed by atoms with Crippen LogP contribution in [0.25, 0.3) is 0 Å². The molecule has 1 aliphatic heterocycles. The molecule has 0 saturated heterocycles. The minimum atomic E-state index is -3.51. The number of Topliss-reactive ketones (excluding diaryl/α,β-unsaturated/α-hetero) is 1. The number of carbonyl (C=O) groups is 2. The lowest BCUT2D eigenvalue weighted by molar-refractivity contribution is -0.123. The van der Waals surface area contributed by atoms with E-state index in [1.165, 1.54) is 19.2 Å². The molecule has 0 aromatic carbocycles. The highest BCUT2D eigenvalue weighted by molar-refractivity contribution is 7.55. The van der Waals surface area contributed by atoms with Gasteiger partial charge in [-0.05, 0) is 26.8 Å². The van der Waals surface area contributed by atoms with Gasteiger partial charge < -0.3 is 9.05 Å². The molecule has 1 rings (SSSR count). The van der Waals surface area contributed by atoms with Crippen molar-refractivity contribution < 1.29 is 23.2 Å². The summed E-state index contributed by atoms with van der Waals surface area (Å²) in [5, 5.41) is 0. The molecule has 2 unspecified atom stereocenters. The fraction of sp³-hybridized carbons (Fsp3) is 0.615. The Morgan fingerprint density at radius 2 is 1.85 bits per heavy atom. The Morgan fingerprint density at radius 1 is 1.30 bits per heavy atom. The zero-order valence-electron chi connectivity index (χ0n) is 12.2. The lowest BCUT2D eigenvalue weighted by Gasteiger charge is -2.24. The van der Waals surface area contributed by atoms with Crippen LogP contribution in [-0.4, -0.2) is 36.8 Å². The minimum absolute atomic E-state index is 0.189. The first-order valence-electron chi connectivity index (χ1n) is 6.58. The zero-order chi connectivity index (χ0) is 15.3. The molecule has 0 aromatic rings. The number of nitrogens with zero attached hydrogens (tertiary/aromatic N) is 1. The van der Waals surface area contributed by atoms with E-state index in [-0.39, 0.29) is 19.0 Å². The van der Waals surface area contributed by atoms with Crippen molar-refractivity contribution in [2.45, 2.75) is 33.4 Å². The standard InChI is InChI=1S/C13H20NO5P/c1-5-18-20(17,19-6-2)10(4)12(15)9(3)11-7-8-14-13(11)16/h7-10H,5-6H2,1-4H3. The van der Waals surface area contributed by atoms with Gasteiger partial charge in [-0.3, -0.25) is 14.2 Å². The maximum Gasteiger partial charge on any atom is 0.340 e. The van der Waals surface area contributed by atoms with Crippen LogP contribution in [0.5, 0.6) is 0 Å². The third-order valence-electron chi connectivity index (χ3n) is 3.09. The van der Waals surface area contributed by atoms with Gasteiger partial charge in [-0.15, -0.1) is 0 Å². The Morgan fingerprint density at radius 3 is 2.25 bits per heavy atom. The summed E-state index contributed by atoms with van der Waals surface area (Å²) in [5.74, 6) is -1.46. The monoisotopic (exact) mass is 301 g/mol. The van der Waals surface area contributed by atoms with Gasteiger partial charge in [0.05, 0.1) is 13.2 Å². The second kappa shape index (κ2) is 7.07. The van der Waals surface area contributed by atoms with Crippen LogP contribution in [0.15, 0.2) is 16.6 Å². The van der Waals surface area contributed by atoms with Gasteiger partial charge in [0.2, 0.25) is 0 Å². The van der Waals surface area contributed by atoms with Gasteiger partial charge in [0.15, 0.2) is 5.78 Å². The molecule has 0 aromatic heterocycles. The van der Waals surface area contributed by atoms with Crippen molar-refractivity contribution in [3.63, 3.8) is 0 Å². The lowest BCUT2D eigenvalue weighted by Crippen LogP contribution is -2.28. The Balaban J connectivity index is 2.89. The summed E-state index contributed by atoms with van der Waals surface area (Å²) >= 11 is 0. The maximum absolute atomic E-state index is 12.6. The molecule has 0 spiro atoms. The predicted octanol–water partition coefficient (Wildman–Crippen LogP) is 2.38. The number of amides is 1. The van der Waals surface area contributed by atoms with Crippen LogP contribution in [0.2, 0.25) is 0 Å². The van der Waals surface area contributed by atoms with E-state index in [0.29, 0.717) is 5.57 Å². The Kier molecular flexibility index (Phi) is 5.99. The van der Waals surface area contributed by atoms with Gasteiger partial charge in [0, 0.05) is 17.7 Å². The van der Waals surface area contributed by atoms with Crippen LogP contribution in [0.1, 0.15) is 27.7 Å². The first-order valence-corrected chi connectivity index (χ1v) is 8.19. The fourth-order valence-electron chi connectivity index (χ4n) is 1.95. The Hall–Kier alpha value is -1.10. The van der Waals surface area contributed by atoms with Crippen LogP contribution >= 0.6 is 7.60 Å². The predicted molar refractivity (Wildman–Crippen MR) is 76.1 cm³/mol. The van der Waals surface area contributed by atoms with Gasteiger partial charge in [-0.2, -0.15) is 0 Å². The van der Waals surface area contributed by atoms with Crippen LogP contribution in [0.3, 0.4) is 0 Å². The van der Waals surface area contributed by atoms with E-state index in [9.17, 15) is 14.2 Å². The number of hydrogen-bond acceptors (Lipinski definition) is 5. The van der Waals surface area contributed by atoms with Gasteiger partial charge >= 0.3 is 7.60 Å². The van der Waals surface area contributed by atoms with Crippen LogP contribution in [0.4, 0.5) is 0 Å². The molecular weight excluding hydrogens is 281 g/mol. The van der Waals surface area contributed by atoms with E-state index in [1.54, 1.807) is 20.8 Å². The second-order valence-electron chi connectivity index (χ2n) is 4.38. The summed E-state index contributed by atoms with van der Waals surface area (Å²) in [6.45, 7) is 6.85. The van der Waals surface area contributed by atoms with Crippen LogP contribution < -0.4 is 0 Å². The quantitative estimate of drug-likeness (QED) is 0.643. The van der Waals surface area contributed by atoms with Gasteiger partial charge in [0.1, 0.15) is 5.66 Å². The number of ketones is 1. The zero-order valence-corrected chi connectivity index (χ0v) is 13.1. The summed E-state index contributed by atoms with van der Waals surface area (Å²) in [6, 6.07) is 0. The smallest absolute Gasteiger partial charge is 0.308 e. The van der Waals surface area contributed by atoms with Crippen molar-refractivity contribution in [2.24, 2.45) is 10.9 Å². The maximum atomic E-state index is 12.6. The summed E-state index contributed by atoms with van der Waals surface area (Å²) < 4.78 is 22.9. The third-order valence-corrected chi connectivity index (χ3v) is 5.53. The van der Waals surface area contributed by atoms with E-state index in [0.717, 1.165) is 0 Å². The molecule has 0 fully saturated rings. The number of allylic oxidation sites excluding steroid dienone is 1. The van der Waals surface area contributed by atoms with Gasteiger partial charge in [0.25, 0.3) is 5.91 Å². The molecule has 112 valence electrons. The molecular formula is C13H20NO5P. The van der Waals surface area contributed by atoms with E-state index in [4.69, 9.17) is 9.05 Å². The number of aliphatic imine (C=N–C) groups is 1. The molecule has 7 heteroatoms. The summed E-state index contributed by atoms with van der Waals surface area (Å²) in [6.07, 6.45) is 2.86. The average molecular weight is 301 g/mol. The van der Waals surface area contributed by atoms with Crippen molar-refractivity contribution in [3.05, 3.63) is 11.6 Å². The van der Waals surface area contributed by atoms with E-state index in [2.05, 4.69) is 4.99 Å². The summed E-state index contributed by atoms with van der Waals surface area (Å²) in [5.41, 5.74) is -0.618. The molecule has 0 bridgehead atoms. The molecule has 1 heterocycles. The SMILES string of the molecule is CCOP(=O)(OCC)C(C)C(=O)C(C)C1=CC=NC1=O. The Bertz CT molecular complexity index is 487. The highest BCUT2D eigenvalue weighted by Gasteiger charge is 2.40. The Labute approximate surface area is 118 Å². The largest absolute Gasteiger partial charge is 0.340 e. The first-order chi connectivity index (χ1) is 9.37. The molecule has 0 N–H and O–H groups in total. The van der Waals surface area contributed by atoms with Crippen LogP contribution in [-0.2, 0) is 23.2 Å². The summed E-state index contributed by atoms with van der Waals surface area (Å²) in [7, 11) is -3.51. The number of rotatable bonds is 8. The molecule has 1 amide bonds. The first kappa shape index (κ1) is 17.0. The van der Waals surface area contributed by atoms with E-state index >= 15 is 0 Å². The molecule has 2 atom stereocenters. The topological polar surface area (TPSA) is 82.0 Å².